The van der Waals surface area contributed by atoms with Gasteiger partial charge in [-0.05, 0) is 30.9 Å². The van der Waals surface area contributed by atoms with Crippen LogP contribution < -0.4 is 16.8 Å². The van der Waals surface area contributed by atoms with E-state index in [-0.39, 0.29) is 5.91 Å². The van der Waals surface area contributed by atoms with Crippen LogP contribution in [0.1, 0.15) is 25.7 Å². The minimum absolute atomic E-state index is 0.0450. The topological polar surface area (TPSA) is 111 Å². The summed E-state index contributed by atoms with van der Waals surface area (Å²) in [5.41, 5.74) is 11.5. The fraction of sp³-hybridized carbons (Fsp3) is 0.750. The third-order valence-corrected chi connectivity index (χ3v) is 3.24. The van der Waals surface area contributed by atoms with Gasteiger partial charge in [0.1, 0.15) is 0 Å². The molecule has 0 aromatic carbocycles. The molecule has 1 aliphatic rings. The van der Waals surface area contributed by atoms with Gasteiger partial charge in [-0.3, -0.25) is 10.1 Å². The predicted molar refractivity (Wildman–Crippen MR) is 72.0 cm³/mol. The molecule has 1 amide bonds. The number of hydrogen-bond acceptors (Lipinski definition) is 3. The van der Waals surface area contributed by atoms with Gasteiger partial charge >= 0.3 is 12.2 Å². The lowest BCUT2D eigenvalue weighted by Crippen LogP contribution is -2.43. The largest absolute Gasteiger partial charge is 0.341 e. The van der Waals surface area contributed by atoms with Crippen LogP contribution in [0.25, 0.3) is 0 Å². The summed E-state index contributed by atoms with van der Waals surface area (Å²) in [7, 11) is 1.57. The number of nitrogens with two attached hydrogens (primary N) is 2. The average molecular weight is 267 g/mol. The highest BCUT2D eigenvalue weighted by atomic mass is 16.2. The molecule has 0 saturated carbocycles. The summed E-state index contributed by atoms with van der Waals surface area (Å²) in [6.45, 7) is 2.26. The van der Waals surface area contributed by atoms with Crippen LogP contribution >= 0.6 is 0 Å². The highest BCUT2D eigenvalue weighted by Crippen LogP contribution is 2.10. The SMILES string of the molecule is C[N+](C#N)=C(N)NCCC[C@H](N)C(=O)N1CCCC1. The van der Waals surface area contributed by atoms with Gasteiger partial charge < -0.3 is 16.4 Å². The van der Waals surface area contributed by atoms with E-state index in [1.165, 1.54) is 4.58 Å². The molecule has 0 unspecified atom stereocenters. The molecule has 19 heavy (non-hydrogen) atoms. The highest BCUT2D eigenvalue weighted by Gasteiger charge is 2.23. The maximum atomic E-state index is 11.9. The molecule has 106 valence electrons. The Morgan fingerprint density at radius 3 is 2.74 bits per heavy atom. The van der Waals surface area contributed by atoms with E-state index >= 15 is 0 Å². The van der Waals surface area contributed by atoms with Crippen LogP contribution in [-0.4, -0.2) is 54.1 Å². The summed E-state index contributed by atoms with van der Waals surface area (Å²) < 4.78 is 1.25. The number of guanidine groups is 1. The second kappa shape index (κ2) is 7.59. The van der Waals surface area contributed by atoms with E-state index in [0.717, 1.165) is 32.4 Å². The number of likely N-dealkylation sites (tertiary alicyclic amines) is 1. The lowest BCUT2D eigenvalue weighted by atomic mass is 10.1. The minimum atomic E-state index is -0.435. The third-order valence-electron chi connectivity index (χ3n) is 3.24. The van der Waals surface area contributed by atoms with Gasteiger partial charge in [0.15, 0.2) is 0 Å². The summed E-state index contributed by atoms with van der Waals surface area (Å²) in [5, 5.41) is 11.5. The number of nitrogens with one attached hydrogen (secondary N) is 1. The number of carbonyl (C=O) groups excluding carboxylic acids is 1. The molecular formula is C12H23N6O+. The van der Waals surface area contributed by atoms with Crippen molar-refractivity contribution in [1.82, 2.24) is 10.2 Å². The van der Waals surface area contributed by atoms with Crippen molar-refractivity contribution >= 4 is 11.9 Å². The Kier molecular flexibility index (Phi) is 6.09. The van der Waals surface area contributed by atoms with Crippen LogP contribution in [0.2, 0.25) is 0 Å². The molecule has 7 nitrogen and oxygen atoms in total. The Morgan fingerprint density at radius 2 is 2.16 bits per heavy atom. The van der Waals surface area contributed by atoms with Gasteiger partial charge in [-0.2, -0.15) is 4.58 Å². The van der Waals surface area contributed by atoms with Crippen molar-refractivity contribution in [3.05, 3.63) is 0 Å². The van der Waals surface area contributed by atoms with Gasteiger partial charge in [-0.1, -0.05) is 0 Å². The number of hydrogen-bond donors (Lipinski definition) is 3. The molecule has 1 aliphatic heterocycles. The molecule has 0 spiro atoms. The van der Waals surface area contributed by atoms with E-state index in [1.54, 1.807) is 7.05 Å². The van der Waals surface area contributed by atoms with Gasteiger partial charge in [0.25, 0.3) is 0 Å². The molecule has 1 atom stereocenters. The van der Waals surface area contributed by atoms with Crippen LogP contribution in [0.4, 0.5) is 0 Å². The van der Waals surface area contributed by atoms with Crippen molar-refractivity contribution in [2.75, 3.05) is 26.7 Å². The van der Waals surface area contributed by atoms with Crippen molar-refractivity contribution in [2.45, 2.75) is 31.7 Å². The third kappa shape index (κ3) is 4.75. The van der Waals surface area contributed by atoms with Crippen LogP contribution in [0.5, 0.6) is 0 Å². The smallest absolute Gasteiger partial charge is 0.326 e. The van der Waals surface area contributed by atoms with E-state index in [4.69, 9.17) is 16.7 Å². The Labute approximate surface area is 113 Å². The molecule has 1 fully saturated rings. The first-order chi connectivity index (χ1) is 9.06. The van der Waals surface area contributed by atoms with Gasteiger partial charge in [0.05, 0.1) is 19.6 Å². The fourth-order valence-corrected chi connectivity index (χ4v) is 2.01. The summed E-state index contributed by atoms with van der Waals surface area (Å²) in [5.74, 6) is 0.352. The zero-order valence-electron chi connectivity index (χ0n) is 11.4. The van der Waals surface area contributed by atoms with Crippen LogP contribution in [0.15, 0.2) is 0 Å². The summed E-state index contributed by atoms with van der Waals surface area (Å²) in [4.78, 5) is 13.8. The Hall–Kier alpha value is -1.81. The van der Waals surface area contributed by atoms with E-state index in [9.17, 15) is 4.79 Å². The molecule has 0 aromatic rings. The molecule has 5 N–H and O–H groups in total. The maximum absolute atomic E-state index is 11.9. The van der Waals surface area contributed by atoms with Crippen molar-refractivity contribution in [3.8, 4) is 6.19 Å². The number of carbonyl (C=O) groups is 1. The number of nitrogens with zero attached hydrogens (tertiary/aromatic N) is 3. The molecule has 0 radical (unpaired) electrons. The Balaban J connectivity index is 2.22. The number of nitriles is 1. The second-order valence-electron chi connectivity index (χ2n) is 4.75. The van der Waals surface area contributed by atoms with E-state index in [1.807, 2.05) is 11.1 Å². The molecule has 7 heteroatoms. The van der Waals surface area contributed by atoms with Crippen LogP contribution in [0, 0.1) is 11.5 Å². The van der Waals surface area contributed by atoms with Crippen molar-refractivity contribution in [3.63, 3.8) is 0 Å². The molecule has 0 bridgehead atoms. The normalized spacial score (nSPS) is 17.6. The zero-order chi connectivity index (χ0) is 14.3. The molecule has 1 saturated heterocycles. The first kappa shape index (κ1) is 15.2. The van der Waals surface area contributed by atoms with Crippen molar-refractivity contribution in [2.24, 2.45) is 11.5 Å². The van der Waals surface area contributed by atoms with Gasteiger partial charge in [-0.25, -0.2) is 0 Å². The fourth-order valence-electron chi connectivity index (χ4n) is 2.01. The standard InChI is InChI=1S/C12H22N6O/c1-17(9-13)12(15)16-6-4-5-10(14)11(19)18-7-2-3-8-18/h10H,2-8,14H2,1H3,(H2,15,16)/p+1/t10-/m0/s1. The highest BCUT2D eigenvalue weighted by molar-refractivity contribution is 5.81. The predicted octanol–water partition coefficient (Wildman–Crippen LogP) is -1.26. The quantitative estimate of drug-likeness (QED) is 0.144. The van der Waals surface area contributed by atoms with Gasteiger partial charge in [0, 0.05) is 13.1 Å². The summed E-state index contributed by atoms with van der Waals surface area (Å²) in [6, 6.07) is -0.435. The van der Waals surface area contributed by atoms with Gasteiger partial charge in [0.2, 0.25) is 5.91 Å². The minimum Gasteiger partial charge on any atom is -0.341 e. The molecular weight excluding hydrogens is 244 g/mol. The average Bonchev–Trinajstić information content (AvgIpc) is 2.95. The molecule has 1 rings (SSSR count). The molecule has 0 aromatic heterocycles. The maximum Gasteiger partial charge on any atom is 0.326 e. The van der Waals surface area contributed by atoms with Crippen LogP contribution in [-0.2, 0) is 4.79 Å². The van der Waals surface area contributed by atoms with E-state index < -0.39 is 6.04 Å². The number of amides is 1. The summed E-state index contributed by atoms with van der Waals surface area (Å²) >= 11 is 0. The van der Waals surface area contributed by atoms with E-state index in [2.05, 4.69) is 5.32 Å². The monoisotopic (exact) mass is 267 g/mol. The van der Waals surface area contributed by atoms with Crippen molar-refractivity contribution < 1.29 is 9.37 Å². The van der Waals surface area contributed by atoms with Crippen molar-refractivity contribution in [1.29, 1.82) is 5.26 Å². The Bertz CT molecular complexity index is 380. The first-order valence-electron chi connectivity index (χ1n) is 6.60. The molecule has 1 heterocycles. The van der Waals surface area contributed by atoms with Crippen LogP contribution in [0.3, 0.4) is 0 Å². The lowest BCUT2D eigenvalue weighted by Gasteiger charge is -2.19. The second-order valence-corrected chi connectivity index (χ2v) is 4.75. The Morgan fingerprint density at radius 1 is 1.53 bits per heavy atom. The number of rotatable bonds is 5. The van der Waals surface area contributed by atoms with Gasteiger partial charge in [-0.15, -0.1) is 0 Å². The lowest BCUT2D eigenvalue weighted by molar-refractivity contribution is -0.406. The summed E-state index contributed by atoms with van der Waals surface area (Å²) in [6.07, 6.45) is 5.40. The zero-order valence-corrected chi connectivity index (χ0v) is 11.4. The molecule has 0 aliphatic carbocycles. The first-order valence-corrected chi connectivity index (χ1v) is 6.60. The van der Waals surface area contributed by atoms with E-state index in [0.29, 0.717) is 18.9 Å².